The Morgan fingerprint density at radius 2 is 0.766 bits per heavy atom. The Balaban J connectivity index is 1.09. The summed E-state index contributed by atoms with van der Waals surface area (Å²) >= 11 is 1.87. The molecule has 1 aliphatic rings. The van der Waals surface area contributed by atoms with Crippen molar-refractivity contribution in [2.24, 2.45) is 0 Å². The van der Waals surface area contributed by atoms with Crippen LogP contribution in [0.2, 0.25) is 0 Å². The van der Waals surface area contributed by atoms with Gasteiger partial charge in [0, 0.05) is 43.9 Å². The van der Waals surface area contributed by atoms with Crippen LogP contribution in [0.15, 0.2) is 255 Å². The monoisotopic (exact) mass is 834 g/mol. The molecule has 0 aliphatic heterocycles. The van der Waals surface area contributed by atoms with E-state index in [-0.39, 0.29) is 0 Å². The molecule has 0 atom stereocenters. The summed E-state index contributed by atoms with van der Waals surface area (Å²) in [6.07, 6.45) is 0. The molecule has 64 heavy (non-hydrogen) atoms. The van der Waals surface area contributed by atoms with Crippen LogP contribution in [0.25, 0.3) is 42.4 Å². The highest BCUT2D eigenvalue weighted by Gasteiger charge is 2.46. The van der Waals surface area contributed by atoms with Gasteiger partial charge < -0.3 is 9.80 Å². The Kier molecular flexibility index (Phi) is 9.28. The molecule has 1 heterocycles. The van der Waals surface area contributed by atoms with E-state index >= 15 is 0 Å². The van der Waals surface area contributed by atoms with Crippen molar-refractivity contribution in [3.63, 3.8) is 0 Å². The number of hydrogen-bond acceptors (Lipinski definition) is 3. The van der Waals surface area contributed by atoms with Crippen LogP contribution in [0.4, 0.5) is 34.1 Å². The van der Waals surface area contributed by atoms with Crippen LogP contribution in [0, 0.1) is 0 Å². The smallest absolute Gasteiger partial charge is 0.0713 e. The fourth-order valence-electron chi connectivity index (χ4n) is 10.1. The molecule has 12 rings (SSSR count). The molecule has 0 fully saturated rings. The molecule has 0 amide bonds. The van der Waals surface area contributed by atoms with Crippen molar-refractivity contribution in [2.45, 2.75) is 5.41 Å². The van der Waals surface area contributed by atoms with Crippen LogP contribution in [-0.2, 0) is 5.41 Å². The zero-order chi connectivity index (χ0) is 42.5. The largest absolute Gasteiger partial charge is 0.310 e. The summed E-state index contributed by atoms with van der Waals surface area (Å²) in [6.45, 7) is 0. The lowest BCUT2D eigenvalue weighted by atomic mass is 9.67. The highest BCUT2D eigenvalue weighted by Crippen LogP contribution is 2.57. The van der Waals surface area contributed by atoms with Crippen molar-refractivity contribution in [1.82, 2.24) is 0 Å². The van der Waals surface area contributed by atoms with E-state index in [1.54, 1.807) is 0 Å². The van der Waals surface area contributed by atoms with E-state index in [0.717, 1.165) is 34.1 Å². The number of para-hydroxylation sites is 4. The first-order valence-corrected chi connectivity index (χ1v) is 22.7. The summed E-state index contributed by atoms with van der Waals surface area (Å²) in [4.78, 5) is 4.80. The second kappa shape index (κ2) is 15.7. The van der Waals surface area contributed by atoms with Gasteiger partial charge in [-0.15, -0.1) is 11.3 Å². The quantitative estimate of drug-likeness (QED) is 0.143. The predicted molar refractivity (Wildman–Crippen MR) is 271 cm³/mol. The van der Waals surface area contributed by atoms with Crippen molar-refractivity contribution in [3.8, 4) is 22.3 Å². The molecule has 0 bridgehead atoms. The Hall–Kier alpha value is -7.98. The minimum Gasteiger partial charge on any atom is -0.310 e. The summed E-state index contributed by atoms with van der Waals surface area (Å²) < 4.78 is 2.49. The molecule has 0 radical (unpaired) electrons. The van der Waals surface area contributed by atoms with Crippen LogP contribution in [0.5, 0.6) is 0 Å². The van der Waals surface area contributed by atoms with Gasteiger partial charge in [0.2, 0.25) is 0 Å². The van der Waals surface area contributed by atoms with Crippen molar-refractivity contribution in [3.05, 3.63) is 277 Å². The molecule has 11 aromatic rings. The molecule has 0 spiro atoms. The van der Waals surface area contributed by atoms with Crippen molar-refractivity contribution < 1.29 is 0 Å². The molecule has 0 unspecified atom stereocenters. The number of thiophene rings is 1. The molecule has 0 N–H and O–H groups in total. The lowest BCUT2D eigenvalue weighted by Crippen LogP contribution is -2.28. The molecule has 10 aromatic carbocycles. The first-order chi connectivity index (χ1) is 31.8. The van der Waals surface area contributed by atoms with Gasteiger partial charge in [-0.1, -0.05) is 176 Å². The number of rotatable bonds is 9. The summed E-state index contributed by atoms with van der Waals surface area (Å²) in [7, 11) is 0. The van der Waals surface area contributed by atoms with Gasteiger partial charge in [0.1, 0.15) is 0 Å². The minimum absolute atomic E-state index is 0.431. The second-order valence-corrected chi connectivity index (χ2v) is 17.5. The van der Waals surface area contributed by atoms with Gasteiger partial charge >= 0.3 is 0 Å². The Morgan fingerprint density at radius 3 is 1.33 bits per heavy atom. The van der Waals surface area contributed by atoms with Gasteiger partial charge in [-0.2, -0.15) is 0 Å². The van der Waals surface area contributed by atoms with Gasteiger partial charge in [-0.25, -0.2) is 0 Å². The zero-order valence-corrected chi connectivity index (χ0v) is 35.9. The Morgan fingerprint density at radius 1 is 0.312 bits per heavy atom. The topological polar surface area (TPSA) is 6.48 Å². The van der Waals surface area contributed by atoms with Crippen molar-refractivity contribution in [2.75, 3.05) is 9.80 Å². The first-order valence-electron chi connectivity index (χ1n) is 21.9. The average Bonchev–Trinajstić information content (AvgIpc) is 3.89. The molecule has 302 valence electrons. The van der Waals surface area contributed by atoms with Crippen LogP contribution < -0.4 is 9.80 Å². The van der Waals surface area contributed by atoms with Crippen molar-refractivity contribution in [1.29, 1.82) is 0 Å². The highest BCUT2D eigenvalue weighted by atomic mass is 32.1. The highest BCUT2D eigenvalue weighted by molar-refractivity contribution is 7.26. The van der Waals surface area contributed by atoms with E-state index in [0.29, 0.717) is 0 Å². The van der Waals surface area contributed by atoms with Crippen LogP contribution in [-0.4, -0.2) is 0 Å². The molecule has 3 heteroatoms. The van der Waals surface area contributed by atoms with E-state index in [4.69, 9.17) is 0 Å². The van der Waals surface area contributed by atoms with Gasteiger partial charge in [0.25, 0.3) is 0 Å². The number of hydrogen-bond donors (Lipinski definition) is 0. The third-order valence-corrected chi connectivity index (χ3v) is 14.1. The van der Waals surface area contributed by atoms with E-state index in [1.807, 2.05) is 11.3 Å². The molecule has 1 aromatic heterocycles. The number of benzene rings is 10. The summed E-state index contributed by atoms with van der Waals surface area (Å²) in [5, 5.41) is 2.47. The van der Waals surface area contributed by atoms with E-state index in [2.05, 4.69) is 265 Å². The lowest BCUT2D eigenvalue weighted by molar-refractivity contribution is 0.768. The fraction of sp³-hybridized carbons (Fsp3) is 0.0164. The number of anilines is 6. The average molecular weight is 835 g/mol. The Labute approximate surface area is 378 Å². The SMILES string of the molecule is c1ccc(N(c2ccccc2)c2cc(N(c3ccccc3)c3ccccc3)c3sc4ccc(-c5ccc6c(c5)-c5ccccc5C6(c5ccccc5)c5ccccc5)cc4c3c2)cc1. The maximum atomic E-state index is 2.44. The summed E-state index contributed by atoms with van der Waals surface area (Å²) in [5.74, 6) is 0. The lowest BCUT2D eigenvalue weighted by Gasteiger charge is -2.33. The van der Waals surface area contributed by atoms with Crippen LogP contribution >= 0.6 is 11.3 Å². The van der Waals surface area contributed by atoms with Crippen molar-refractivity contribution >= 4 is 65.6 Å². The standard InChI is InChI=1S/C61H42N2S/c1-7-21-45(22-8-1)61(46-23-9-2-10-24-46)56-34-20-19-33-52(56)53-39-43(35-37-57(53)61)44-36-38-59-54(40-44)55-41-51(62(47-25-11-3-12-26-47)48-27-13-4-14-28-48)42-58(60(55)64-59)63(49-29-15-5-16-30-49)50-31-17-6-18-32-50/h1-42H. The number of nitrogens with zero attached hydrogens (tertiary/aromatic N) is 2. The maximum absolute atomic E-state index is 2.44. The zero-order valence-electron chi connectivity index (χ0n) is 35.1. The normalized spacial score (nSPS) is 12.5. The second-order valence-electron chi connectivity index (χ2n) is 16.5. The molecule has 0 saturated carbocycles. The molecule has 0 saturated heterocycles. The van der Waals surface area contributed by atoms with Crippen LogP contribution in [0.3, 0.4) is 0 Å². The summed E-state index contributed by atoms with van der Waals surface area (Å²) in [6, 6.07) is 93.1. The maximum Gasteiger partial charge on any atom is 0.0713 e. The van der Waals surface area contributed by atoms with Gasteiger partial charge in [-0.3, -0.25) is 0 Å². The molecular weight excluding hydrogens is 793 g/mol. The fourth-order valence-corrected chi connectivity index (χ4v) is 11.3. The molecule has 1 aliphatic carbocycles. The predicted octanol–water partition coefficient (Wildman–Crippen LogP) is 17.0. The van der Waals surface area contributed by atoms with Gasteiger partial charge in [0.05, 0.1) is 15.8 Å². The van der Waals surface area contributed by atoms with E-state index < -0.39 is 5.41 Å². The van der Waals surface area contributed by atoms with E-state index in [9.17, 15) is 0 Å². The minimum atomic E-state index is -0.431. The third-order valence-electron chi connectivity index (χ3n) is 12.9. The van der Waals surface area contributed by atoms with Crippen LogP contribution in [0.1, 0.15) is 22.3 Å². The Bertz CT molecular complexity index is 3300. The van der Waals surface area contributed by atoms with Gasteiger partial charge in [-0.05, 0) is 123 Å². The first kappa shape index (κ1) is 37.8. The van der Waals surface area contributed by atoms with E-state index in [1.165, 1.54) is 64.7 Å². The third kappa shape index (κ3) is 6.16. The molecular formula is C61H42N2S. The number of fused-ring (bicyclic) bond motifs is 6. The van der Waals surface area contributed by atoms with Gasteiger partial charge in [0.15, 0.2) is 0 Å². The summed E-state index contributed by atoms with van der Waals surface area (Å²) in [5.41, 5.74) is 16.4. The molecule has 2 nitrogen and oxygen atoms in total.